The molecule has 1 aromatic rings. The first-order valence-electron chi connectivity index (χ1n) is 10.8. The summed E-state index contributed by atoms with van der Waals surface area (Å²) in [6.45, 7) is 0. The molecule has 0 amide bonds. The summed E-state index contributed by atoms with van der Waals surface area (Å²) < 4.78 is 18.2. The van der Waals surface area contributed by atoms with Gasteiger partial charge < -0.3 is 20.1 Å². The molecule has 0 saturated heterocycles. The molecule has 2 rings (SSSR count). The number of rotatable bonds is 10. The van der Waals surface area contributed by atoms with Crippen LogP contribution in [0.2, 0.25) is 0 Å². The summed E-state index contributed by atoms with van der Waals surface area (Å²) in [4.78, 5) is 11.1. The lowest BCUT2D eigenvalue weighted by Gasteiger charge is -2.24. The lowest BCUT2D eigenvalue weighted by Crippen LogP contribution is -2.23. The van der Waals surface area contributed by atoms with E-state index < -0.39 is 24.1 Å². The second-order valence-corrected chi connectivity index (χ2v) is 8.07. The molecule has 0 aliphatic heterocycles. The number of carbonyl (C=O) groups excluding carboxylic acids is 1. The molecule has 0 aromatic heterocycles. The minimum atomic E-state index is -0.909. The topological polar surface area (TPSA) is 87.0 Å². The quantitative estimate of drug-likeness (QED) is 0.307. The van der Waals surface area contributed by atoms with E-state index in [9.17, 15) is 24.5 Å². The monoisotopic (exact) mass is 420 g/mol. The van der Waals surface area contributed by atoms with Crippen LogP contribution in [0.25, 0.3) is 0 Å². The second-order valence-electron chi connectivity index (χ2n) is 8.07. The Morgan fingerprint density at radius 2 is 1.80 bits per heavy atom. The molecule has 5 nitrogen and oxygen atoms in total. The zero-order chi connectivity index (χ0) is 21.9. The van der Waals surface area contributed by atoms with E-state index in [2.05, 4.69) is 16.6 Å². The molecule has 1 saturated carbocycles. The Labute approximate surface area is 178 Å². The molecule has 1 aliphatic rings. The van der Waals surface area contributed by atoms with Crippen LogP contribution in [0.15, 0.2) is 24.3 Å². The number of hydrogen-bond acceptors (Lipinski definition) is 5. The van der Waals surface area contributed by atoms with E-state index in [1.54, 1.807) is 18.2 Å². The standard InChI is InChI=1S/C24H33FO5/c1-30-24(29)11-5-3-2-4-9-19-20(23(28)16-22(19)27)15-14-18(26)13-12-17-8-6-7-10-21(17)25/h6-8,10,18-20,22-23,26-28H,2-5,9,11,14-16H2,1H3/t18-,19-,20-,22+,23-/m1/s1. The number of unbranched alkanes of at least 4 members (excludes halogenated alkanes) is 3. The number of carbonyl (C=O) groups is 1. The Morgan fingerprint density at radius 3 is 2.50 bits per heavy atom. The first kappa shape index (κ1) is 24.3. The fraction of sp³-hybridized carbons (Fsp3) is 0.625. The molecule has 0 heterocycles. The van der Waals surface area contributed by atoms with Gasteiger partial charge in [-0.05, 0) is 56.1 Å². The molecule has 0 radical (unpaired) electrons. The Morgan fingerprint density at radius 1 is 1.13 bits per heavy atom. The van der Waals surface area contributed by atoms with Crippen molar-refractivity contribution in [3.05, 3.63) is 35.6 Å². The first-order valence-corrected chi connectivity index (χ1v) is 10.8. The molecule has 1 fully saturated rings. The number of aliphatic hydroxyl groups is 3. The summed E-state index contributed by atoms with van der Waals surface area (Å²) in [7, 11) is 1.39. The van der Waals surface area contributed by atoms with Crippen molar-refractivity contribution in [2.24, 2.45) is 11.8 Å². The van der Waals surface area contributed by atoms with E-state index in [0.717, 1.165) is 32.1 Å². The van der Waals surface area contributed by atoms with Gasteiger partial charge in [0.15, 0.2) is 0 Å². The first-order chi connectivity index (χ1) is 14.4. The minimum absolute atomic E-state index is 0.00710. The van der Waals surface area contributed by atoms with E-state index in [-0.39, 0.29) is 23.4 Å². The molecule has 1 aromatic carbocycles. The van der Waals surface area contributed by atoms with E-state index >= 15 is 0 Å². The number of ether oxygens (including phenoxy) is 1. The van der Waals surface area contributed by atoms with E-state index in [4.69, 9.17) is 0 Å². The molecule has 5 atom stereocenters. The zero-order valence-corrected chi connectivity index (χ0v) is 17.6. The third-order valence-corrected chi connectivity index (χ3v) is 5.94. The summed E-state index contributed by atoms with van der Waals surface area (Å²) in [5.74, 6) is 4.63. The van der Waals surface area contributed by atoms with Gasteiger partial charge in [-0.3, -0.25) is 4.79 Å². The van der Waals surface area contributed by atoms with Crippen LogP contribution < -0.4 is 0 Å². The average Bonchev–Trinajstić information content (AvgIpc) is 3.00. The third-order valence-electron chi connectivity index (χ3n) is 5.94. The van der Waals surface area contributed by atoms with Crippen LogP contribution in [0, 0.1) is 29.5 Å². The number of halogens is 1. The summed E-state index contributed by atoms with van der Waals surface area (Å²) in [6, 6.07) is 6.17. The molecule has 1 aliphatic carbocycles. The lowest BCUT2D eigenvalue weighted by atomic mass is 9.85. The van der Waals surface area contributed by atoms with Crippen LogP contribution in [-0.4, -0.2) is 46.7 Å². The lowest BCUT2D eigenvalue weighted by molar-refractivity contribution is -0.140. The largest absolute Gasteiger partial charge is 0.469 e. The molecular weight excluding hydrogens is 387 g/mol. The maximum absolute atomic E-state index is 13.6. The summed E-state index contributed by atoms with van der Waals surface area (Å²) >= 11 is 0. The molecule has 6 heteroatoms. The molecule has 0 bridgehead atoms. The second kappa shape index (κ2) is 12.7. The van der Waals surface area contributed by atoms with Crippen molar-refractivity contribution in [3.63, 3.8) is 0 Å². The van der Waals surface area contributed by atoms with Crippen molar-refractivity contribution in [2.45, 2.75) is 76.1 Å². The van der Waals surface area contributed by atoms with Crippen LogP contribution in [0.3, 0.4) is 0 Å². The van der Waals surface area contributed by atoms with Gasteiger partial charge in [0, 0.05) is 6.42 Å². The number of hydrogen-bond donors (Lipinski definition) is 3. The normalized spacial score (nSPS) is 24.2. The number of methoxy groups -OCH3 is 1. The highest BCUT2D eigenvalue weighted by atomic mass is 19.1. The Hall–Kier alpha value is -1.94. The highest BCUT2D eigenvalue weighted by Crippen LogP contribution is 2.39. The SMILES string of the molecule is COC(=O)CCCCCC[C@@H]1[C@@H](CC[C@H](O)C#Cc2ccccc2F)[C@H](O)C[C@@H]1O. The Kier molecular flexibility index (Phi) is 10.3. The van der Waals surface area contributed by atoms with Gasteiger partial charge in [-0.1, -0.05) is 43.2 Å². The van der Waals surface area contributed by atoms with Gasteiger partial charge in [0.2, 0.25) is 0 Å². The Bertz CT molecular complexity index is 726. The zero-order valence-electron chi connectivity index (χ0n) is 17.6. The summed E-state index contributed by atoms with van der Waals surface area (Å²) in [6.07, 6.45) is 4.06. The van der Waals surface area contributed by atoms with Crippen molar-refractivity contribution < 1.29 is 29.2 Å². The Balaban J connectivity index is 1.77. The molecule has 0 unspecified atom stereocenters. The average molecular weight is 421 g/mol. The number of esters is 1. The minimum Gasteiger partial charge on any atom is -0.469 e. The predicted octanol–water partition coefficient (Wildman–Crippen LogP) is 3.19. The van der Waals surface area contributed by atoms with Gasteiger partial charge in [0.25, 0.3) is 0 Å². The fourth-order valence-electron chi connectivity index (χ4n) is 4.23. The van der Waals surface area contributed by atoms with Crippen LogP contribution in [0.4, 0.5) is 4.39 Å². The van der Waals surface area contributed by atoms with Crippen LogP contribution in [-0.2, 0) is 9.53 Å². The predicted molar refractivity (Wildman–Crippen MR) is 112 cm³/mol. The summed E-state index contributed by atoms with van der Waals surface area (Å²) in [5, 5.41) is 30.8. The van der Waals surface area contributed by atoms with E-state index in [1.807, 2.05) is 0 Å². The van der Waals surface area contributed by atoms with Gasteiger partial charge in [-0.15, -0.1) is 0 Å². The van der Waals surface area contributed by atoms with E-state index in [0.29, 0.717) is 25.7 Å². The number of aliphatic hydroxyl groups excluding tert-OH is 3. The highest BCUT2D eigenvalue weighted by Gasteiger charge is 2.40. The molecule has 3 N–H and O–H groups in total. The van der Waals surface area contributed by atoms with Crippen molar-refractivity contribution in [1.82, 2.24) is 0 Å². The van der Waals surface area contributed by atoms with Crippen molar-refractivity contribution in [3.8, 4) is 11.8 Å². The molecule has 30 heavy (non-hydrogen) atoms. The van der Waals surface area contributed by atoms with Gasteiger partial charge in [0.05, 0.1) is 24.9 Å². The smallest absolute Gasteiger partial charge is 0.305 e. The van der Waals surface area contributed by atoms with Gasteiger partial charge in [-0.2, -0.15) is 0 Å². The van der Waals surface area contributed by atoms with E-state index in [1.165, 1.54) is 13.2 Å². The maximum atomic E-state index is 13.6. The van der Waals surface area contributed by atoms with Crippen LogP contribution in [0.1, 0.15) is 63.4 Å². The maximum Gasteiger partial charge on any atom is 0.305 e. The molecular formula is C24H33FO5. The van der Waals surface area contributed by atoms with Crippen molar-refractivity contribution in [1.29, 1.82) is 0 Å². The van der Waals surface area contributed by atoms with Crippen LogP contribution in [0.5, 0.6) is 0 Å². The van der Waals surface area contributed by atoms with Gasteiger partial charge in [0.1, 0.15) is 11.9 Å². The fourth-order valence-corrected chi connectivity index (χ4v) is 4.23. The van der Waals surface area contributed by atoms with Gasteiger partial charge in [-0.25, -0.2) is 4.39 Å². The van der Waals surface area contributed by atoms with Crippen molar-refractivity contribution >= 4 is 5.97 Å². The van der Waals surface area contributed by atoms with Crippen molar-refractivity contribution in [2.75, 3.05) is 7.11 Å². The third kappa shape index (κ3) is 7.71. The highest BCUT2D eigenvalue weighted by molar-refractivity contribution is 5.68. The summed E-state index contributed by atoms with van der Waals surface area (Å²) in [5.41, 5.74) is 0.248. The van der Waals surface area contributed by atoms with Gasteiger partial charge >= 0.3 is 5.97 Å². The molecule has 0 spiro atoms. The molecule has 166 valence electrons. The van der Waals surface area contributed by atoms with Crippen LogP contribution >= 0.6 is 0 Å². The number of benzene rings is 1.